The van der Waals surface area contributed by atoms with E-state index >= 15 is 0 Å². The van der Waals surface area contributed by atoms with Crippen molar-refractivity contribution in [2.45, 2.75) is 5.22 Å². The van der Waals surface area contributed by atoms with Crippen molar-refractivity contribution in [3.05, 3.63) is 53.6 Å². The molecule has 0 saturated carbocycles. The Morgan fingerprint density at radius 2 is 1.82 bits per heavy atom. The van der Waals surface area contributed by atoms with Crippen molar-refractivity contribution in [3.8, 4) is 22.6 Å². The molecule has 0 spiro atoms. The molecule has 0 bridgehead atoms. The van der Waals surface area contributed by atoms with Gasteiger partial charge < -0.3 is 9.32 Å². The third-order valence-electron chi connectivity index (χ3n) is 3.38. The minimum Gasteiger partial charge on any atom is -0.431 e. The second-order valence-corrected chi connectivity index (χ2v) is 5.89. The maximum Gasteiger partial charge on any atom is 0.253 e. The first-order chi connectivity index (χ1) is 10.6. The van der Waals surface area contributed by atoms with Gasteiger partial charge in [-0.1, -0.05) is 54.6 Å². The van der Waals surface area contributed by atoms with Crippen LogP contribution < -0.4 is 4.90 Å². The first-order valence-electron chi connectivity index (χ1n) is 6.78. The second-order valence-electron chi connectivity index (χ2n) is 5.10. The van der Waals surface area contributed by atoms with E-state index in [0.717, 1.165) is 22.5 Å². The predicted molar refractivity (Wildman–Crippen MR) is 94.0 cm³/mol. The number of benzene rings is 2. The highest BCUT2D eigenvalue weighted by Gasteiger charge is 2.18. The molecule has 0 unspecified atom stereocenters. The summed E-state index contributed by atoms with van der Waals surface area (Å²) in [7, 11) is 3.95. The van der Waals surface area contributed by atoms with E-state index in [0.29, 0.717) is 16.0 Å². The minimum absolute atomic E-state index is 0.321. The molecule has 1 heterocycles. The number of thiol groups is 1. The van der Waals surface area contributed by atoms with Crippen molar-refractivity contribution in [1.29, 1.82) is 0 Å². The monoisotopic (exact) mass is 330 g/mol. The van der Waals surface area contributed by atoms with Crippen molar-refractivity contribution in [2.75, 3.05) is 19.0 Å². The molecule has 0 amide bonds. The van der Waals surface area contributed by atoms with Gasteiger partial charge in [-0.25, -0.2) is 4.98 Å². The van der Waals surface area contributed by atoms with Gasteiger partial charge in [0.05, 0.1) is 5.02 Å². The second kappa shape index (κ2) is 6.07. The molecule has 0 saturated heterocycles. The van der Waals surface area contributed by atoms with E-state index in [1.807, 2.05) is 67.5 Å². The van der Waals surface area contributed by atoms with Gasteiger partial charge in [0.1, 0.15) is 5.69 Å². The largest absolute Gasteiger partial charge is 0.431 e. The quantitative estimate of drug-likeness (QED) is 0.684. The van der Waals surface area contributed by atoms with Gasteiger partial charge in [0.2, 0.25) is 0 Å². The molecule has 5 heteroatoms. The summed E-state index contributed by atoms with van der Waals surface area (Å²) < 4.78 is 5.69. The molecule has 3 aromatic rings. The van der Waals surface area contributed by atoms with Crippen molar-refractivity contribution >= 4 is 29.9 Å². The van der Waals surface area contributed by atoms with Crippen molar-refractivity contribution in [3.63, 3.8) is 0 Å². The average molecular weight is 331 g/mol. The van der Waals surface area contributed by atoms with E-state index in [1.165, 1.54) is 0 Å². The van der Waals surface area contributed by atoms with E-state index < -0.39 is 0 Å². The van der Waals surface area contributed by atoms with Crippen LogP contribution in [0.25, 0.3) is 22.6 Å². The summed E-state index contributed by atoms with van der Waals surface area (Å²) in [5.41, 5.74) is 3.54. The van der Waals surface area contributed by atoms with Crippen LogP contribution in [0.1, 0.15) is 0 Å². The lowest BCUT2D eigenvalue weighted by Crippen LogP contribution is -2.08. The maximum atomic E-state index is 6.44. The topological polar surface area (TPSA) is 29.3 Å². The van der Waals surface area contributed by atoms with Crippen LogP contribution in [0.4, 0.5) is 5.69 Å². The van der Waals surface area contributed by atoms with Crippen LogP contribution in [0.15, 0.2) is 58.2 Å². The van der Waals surface area contributed by atoms with E-state index in [1.54, 1.807) is 0 Å². The van der Waals surface area contributed by atoms with Crippen molar-refractivity contribution in [2.24, 2.45) is 0 Å². The molecule has 0 N–H and O–H groups in total. The Morgan fingerprint density at radius 3 is 2.45 bits per heavy atom. The molecule has 2 aromatic carbocycles. The molecule has 3 nitrogen and oxygen atoms in total. The van der Waals surface area contributed by atoms with Crippen LogP contribution in [-0.4, -0.2) is 19.1 Å². The summed E-state index contributed by atoms with van der Waals surface area (Å²) >= 11 is 10.7. The third kappa shape index (κ3) is 2.85. The molecular weight excluding hydrogens is 316 g/mol. The summed E-state index contributed by atoms with van der Waals surface area (Å²) in [4.78, 5) is 6.38. The number of halogens is 1. The Kier molecular flexibility index (Phi) is 4.14. The molecular formula is C17H15ClN2OS. The Labute approximate surface area is 140 Å². The normalized spacial score (nSPS) is 10.7. The average Bonchev–Trinajstić information content (AvgIpc) is 2.89. The molecule has 0 aliphatic rings. The fraction of sp³-hybridized carbons (Fsp3) is 0.118. The molecule has 3 rings (SSSR count). The van der Waals surface area contributed by atoms with Gasteiger partial charge in [-0.15, -0.1) is 0 Å². The van der Waals surface area contributed by atoms with Gasteiger partial charge in [0.15, 0.2) is 5.76 Å². The number of oxazole rings is 1. The summed E-state index contributed by atoms with van der Waals surface area (Å²) in [6.45, 7) is 0. The minimum atomic E-state index is 0.321. The Balaban J connectivity index is 2.14. The zero-order valence-corrected chi connectivity index (χ0v) is 13.9. The molecule has 0 aliphatic heterocycles. The summed E-state index contributed by atoms with van der Waals surface area (Å²) in [6.07, 6.45) is 0. The van der Waals surface area contributed by atoms with E-state index in [-0.39, 0.29) is 0 Å². The molecule has 0 fully saturated rings. The standard InChI is InChI=1S/C17H15ClN2OS/c1-20(2)12-8-9-13(14(18)10-12)16-15(19-17(22)21-16)11-6-4-3-5-7-11/h3-10H,1-2H3,(H,19,22). The van der Waals surface area contributed by atoms with Gasteiger partial charge >= 0.3 is 0 Å². The van der Waals surface area contributed by atoms with E-state index in [4.69, 9.17) is 16.0 Å². The van der Waals surface area contributed by atoms with Crippen LogP contribution >= 0.6 is 24.2 Å². The van der Waals surface area contributed by atoms with Crippen LogP contribution in [0.3, 0.4) is 0 Å². The third-order valence-corrected chi connectivity index (χ3v) is 3.88. The zero-order chi connectivity index (χ0) is 15.7. The number of nitrogens with zero attached hydrogens (tertiary/aromatic N) is 2. The molecule has 22 heavy (non-hydrogen) atoms. The fourth-order valence-electron chi connectivity index (χ4n) is 2.25. The number of aromatic nitrogens is 1. The molecule has 0 aliphatic carbocycles. The fourth-order valence-corrected chi connectivity index (χ4v) is 2.70. The maximum absolute atomic E-state index is 6.44. The molecule has 112 valence electrons. The highest BCUT2D eigenvalue weighted by atomic mass is 35.5. The van der Waals surface area contributed by atoms with Gasteiger partial charge in [-0.3, -0.25) is 0 Å². The Bertz CT molecular complexity index is 800. The summed E-state index contributed by atoms with van der Waals surface area (Å²) in [5.74, 6) is 0.631. The van der Waals surface area contributed by atoms with Crippen LogP contribution in [0.2, 0.25) is 5.02 Å². The van der Waals surface area contributed by atoms with Gasteiger partial charge in [-0.2, -0.15) is 0 Å². The molecule has 0 atom stereocenters. The first kappa shape index (κ1) is 15.0. The number of hydrogen-bond acceptors (Lipinski definition) is 4. The summed E-state index contributed by atoms with van der Waals surface area (Å²) in [6, 6.07) is 15.7. The predicted octanol–water partition coefficient (Wildman–Crippen LogP) is 5.02. The number of anilines is 1. The zero-order valence-electron chi connectivity index (χ0n) is 12.2. The lowest BCUT2D eigenvalue weighted by atomic mass is 10.1. The van der Waals surface area contributed by atoms with Crippen LogP contribution in [0.5, 0.6) is 0 Å². The van der Waals surface area contributed by atoms with Crippen LogP contribution in [-0.2, 0) is 0 Å². The molecule has 1 aromatic heterocycles. The van der Waals surface area contributed by atoms with Gasteiger partial charge in [0, 0.05) is 30.9 Å². The van der Waals surface area contributed by atoms with E-state index in [9.17, 15) is 0 Å². The SMILES string of the molecule is CN(C)c1ccc(-c2oc(S)nc2-c2ccccc2)c(Cl)c1. The van der Waals surface area contributed by atoms with Gasteiger partial charge in [0.25, 0.3) is 5.22 Å². The lowest BCUT2D eigenvalue weighted by Gasteiger charge is -2.13. The number of hydrogen-bond donors (Lipinski definition) is 1. The molecule has 0 radical (unpaired) electrons. The van der Waals surface area contributed by atoms with Crippen molar-refractivity contribution in [1.82, 2.24) is 4.98 Å². The Hall–Kier alpha value is -1.91. The smallest absolute Gasteiger partial charge is 0.253 e. The highest BCUT2D eigenvalue weighted by molar-refractivity contribution is 7.80. The summed E-state index contributed by atoms with van der Waals surface area (Å²) in [5, 5.41) is 0.939. The lowest BCUT2D eigenvalue weighted by molar-refractivity contribution is 0.468. The van der Waals surface area contributed by atoms with Crippen LogP contribution in [0, 0.1) is 0 Å². The highest BCUT2D eigenvalue weighted by Crippen LogP contribution is 2.38. The number of rotatable bonds is 3. The first-order valence-corrected chi connectivity index (χ1v) is 7.61. The van der Waals surface area contributed by atoms with Gasteiger partial charge in [-0.05, 0) is 18.2 Å². The van der Waals surface area contributed by atoms with Crippen molar-refractivity contribution < 1.29 is 4.42 Å². The Morgan fingerprint density at radius 1 is 1.09 bits per heavy atom. The van der Waals surface area contributed by atoms with E-state index in [2.05, 4.69) is 17.6 Å².